The van der Waals surface area contributed by atoms with Crippen LogP contribution in [0.2, 0.25) is 0 Å². The summed E-state index contributed by atoms with van der Waals surface area (Å²) in [7, 11) is 3.05. The summed E-state index contributed by atoms with van der Waals surface area (Å²) in [4.78, 5) is 14.0. The van der Waals surface area contributed by atoms with E-state index in [1.165, 1.54) is 19.4 Å². The lowest BCUT2D eigenvalue weighted by molar-refractivity contribution is 0.412. The van der Waals surface area contributed by atoms with Crippen LogP contribution >= 0.6 is 0 Å². The van der Waals surface area contributed by atoms with Crippen molar-refractivity contribution in [1.82, 2.24) is 4.98 Å². The normalized spacial score (nSPS) is 9.74. The molecule has 1 aromatic carbocycles. The van der Waals surface area contributed by atoms with Gasteiger partial charge in [-0.05, 0) is 18.2 Å². The highest BCUT2D eigenvalue weighted by Gasteiger charge is 2.12. The Morgan fingerprint density at radius 1 is 1.16 bits per heavy atom. The van der Waals surface area contributed by atoms with Crippen molar-refractivity contribution in [1.29, 1.82) is 5.26 Å². The number of aromatic nitrogens is 1. The fourth-order valence-electron chi connectivity index (χ4n) is 1.81. The molecule has 0 aliphatic carbocycles. The number of aromatic amines is 1. The number of nitrogens with zero attached hydrogens (tertiary/aromatic N) is 1. The number of nitriles is 1. The Bertz CT molecular complexity index is 699. The van der Waals surface area contributed by atoms with Gasteiger partial charge in [-0.1, -0.05) is 0 Å². The lowest BCUT2D eigenvalue weighted by Gasteiger charge is -2.10. The molecule has 5 heteroatoms. The number of hydrogen-bond acceptors (Lipinski definition) is 4. The van der Waals surface area contributed by atoms with E-state index in [1.54, 1.807) is 25.3 Å². The molecule has 2 aromatic rings. The number of nitrogens with one attached hydrogen (secondary N) is 1. The zero-order valence-corrected chi connectivity index (χ0v) is 10.6. The quantitative estimate of drug-likeness (QED) is 0.910. The van der Waals surface area contributed by atoms with Crippen LogP contribution in [0.5, 0.6) is 11.5 Å². The van der Waals surface area contributed by atoms with Crippen molar-refractivity contribution in [2.45, 2.75) is 0 Å². The molecule has 0 saturated heterocycles. The fraction of sp³-hybridized carbons (Fsp3) is 0.143. The van der Waals surface area contributed by atoms with E-state index in [1.807, 2.05) is 0 Å². The van der Waals surface area contributed by atoms with Gasteiger partial charge in [0.15, 0.2) is 0 Å². The molecule has 0 aliphatic heterocycles. The van der Waals surface area contributed by atoms with E-state index in [0.717, 1.165) is 0 Å². The van der Waals surface area contributed by atoms with Crippen LogP contribution in [-0.2, 0) is 0 Å². The maximum atomic E-state index is 11.5. The summed E-state index contributed by atoms with van der Waals surface area (Å²) in [5.41, 5.74) is 1.35. The maximum absolute atomic E-state index is 11.5. The van der Waals surface area contributed by atoms with Crippen molar-refractivity contribution < 1.29 is 9.47 Å². The van der Waals surface area contributed by atoms with Gasteiger partial charge in [-0.25, -0.2) is 0 Å². The summed E-state index contributed by atoms with van der Waals surface area (Å²) in [6, 6.07) is 8.54. The third-order valence-electron chi connectivity index (χ3n) is 2.74. The van der Waals surface area contributed by atoms with Gasteiger partial charge in [-0.2, -0.15) is 5.26 Å². The zero-order chi connectivity index (χ0) is 13.8. The topological polar surface area (TPSA) is 75.1 Å². The third kappa shape index (κ3) is 2.43. The molecule has 5 nitrogen and oxygen atoms in total. The summed E-state index contributed by atoms with van der Waals surface area (Å²) in [5, 5.41) is 9.16. The Hall–Kier alpha value is -2.74. The van der Waals surface area contributed by atoms with Gasteiger partial charge in [0.25, 0.3) is 0 Å². The van der Waals surface area contributed by atoms with E-state index >= 15 is 0 Å². The van der Waals surface area contributed by atoms with Gasteiger partial charge in [0.1, 0.15) is 11.5 Å². The molecule has 0 amide bonds. The van der Waals surface area contributed by atoms with Crippen molar-refractivity contribution in [2.75, 3.05) is 14.2 Å². The van der Waals surface area contributed by atoms with Gasteiger partial charge in [-0.15, -0.1) is 0 Å². The molecule has 0 aliphatic rings. The molecular formula is C14H12N2O3. The molecule has 0 atom stereocenters. The van der Waals surface area contributed by atoms with Gasteiger partial charge in [0.2, 0.25) is 5.56 Å². The summed E-state index contributed by atoms with van der Waals surface area (Å²) >= 11 is 0. The highest BCUT2D eigenvalue weighted by molar-refractivity contribution is 5.76. The first-order valence-corrected chi connectivity index (χ1v) is 5.55. The summed E-state index contributed by atoms with van der Waals surface area (Å²) in [5.74, 6) is 1.10. The van der Waals surface area contributed by atoms with Crippen LogP contribution in [0.15, 0.2) is 35.3 Å². The molecule has 0 saturated carbocycles. The average Bonchev–Trinajstić information content (AvgIpc) is 2.46. The molecule has 19 heavy (non-hydrogen) atoms. The average molecular weight is 256 g/mol. The first-order valence-electron chi connectivity index (χ1n) is 5.55. The van der Waals surface area contributed by atoms with Crippen LogP contribution in [0.3, 0.4) is 0 Å². The number of ether oxygens (including phenoxy) is 2. The first-order chi connectivity index (χ1) is 9.19. The number of hydrogen-bond donors (Lipinski definition) is 1. The predicted molar refractivity (Wildman–Crippen MR) is 70.3 cm³/mol. The van der Waals surface area contributed by atoms with Gasteiger partial charge >= 0.3 is 0 Å². The van der Waals surface area contributed by atoms with Crippen molar-refractivity contribution >= 4 is 0 Å². The minimum absolute atomic E-state index is 0.262. The highest BCUT2D eigenvalue weighted by atomic mass is 16.5. The maximum Gasteiger partial charge on any atom is 0.248 e. The Kier molecular flexibility index (Phi) is 3.53. The van der Waals surface area contributed by atoms with Crippen molar-refractivity contribution in [3.63, 3.8) is 0 Å². The first kappa shape index (κ1) is 12.7. The number of methoxy groups -OCH3 is 2. The molecule has 0 spiro atoms. The number of rotatable bonds is 3. The molecule has 1 heterocycles. The van der Waals surface area contributed by atoms with Gasteiger partial charge in [-0.3, -0.25) is 4.79 Å². The van der Waals surface area contributed by atoms with E-state index in [-0.39, 0.29) is 5.56 Å². The Morgan fingerprint density at radius 3 is 2.58 bits per heavy atom. The third-order valence-corrected chi connectivity index (χ3v) is 2.74. The van der Waals surface area contributed by atoms with Crippen molar-refractivity contribution in [3.8, 4) is 28.7 Å². The second-order valence-corrected chi connectivity index (χ2v) is 3.80. The lowest BCUT2D eigenvalue weighted by Crippen LogP contribution is -2.05. The van der Waals surface area contributed by atoms with Crippen LogP contribution in [-0.4, -0.2) is 19.2 Å². The Morgan fingerprint density at radius 2 is 1.95 bits per heavy atom. The van der Waals surface area contributed by atoms with Gasteiger partial charge < -0.3 is 14.5 Å². The molecule has 0 fully saturated rings. The van der Waals surface area contributed by atoms with E-state index in [2.05, 4.69) is 11.1 Å². The van der Waals surface area contributed by atoms with Crippen molar-refractivity contribution in [2.24, 2.45) is 0 Å². The van der Waals surface area contributed by atoms with Crippen LogP contribution < -0.4 is 15.0 Å². The zero-order valence-electron chi connectivity index (χ0n) is 10.6. The molecule has 0 unspecified atom stereocenters. The monoisotopic (exact) mass is 256 g/mol. The SMILES string of the molecule is COc1ccc(C#N)c(-c2cc(=O)[nH]cc2OC)c1. The predicted octanol–water partition coefficient (Wildman–Crippen LogP) is 1.93. The molecule has 0 bridgehead atoms. The van der Waals surface area contributed by atoms with Crippen molar-refractivity contribution in [3.05, 3.63) is 46.4 Å². The molecular weight excluding hydrogens is 244 g/mol. The molecule has 1 N–H and O–H groups in total. The summed E-state index contributed by atoms with van der Waals surface area (Å²) in [6.45, 7) is 0. The van der Waals surface area contributed by atoms with E-state index in [9.17, 15) is 4.79 Å². The number of benzene rings is 1. The standard InChI is InChI=1S/C14H12N2O3/c1-18-10-4-3-9(7-15)11(5-10)12-6-14(17)16-8-13(12)19-2/h3-6,8H,1-2H3,(H,16,17). The van der Waals surface area contributed by atoms with Gasteiger partial charge in [0, 0.05) is 23.4 Å². The molecule has 0 radical (unpaired) electrons. The fourth-order valence-corrected chi connectivity index (χ4v) is 1.81. The van der Waals surface area contributed by atoms with Crippen LogP contribution in [0, 0.1) is 11.3 Å². The second kappa shape index (κ2) is 5.27. The molecule has 2 rings (SSSR count). The van der Waals surface area contributed by atoms with Crippen LogP contribution in [0.25, 0.3) is 11.1 Å². The highest BCUT2D eigenvalue weighted by Crippen LogP contribution is 2.32. The van der Waals surface area contributed by atoms with Crippen LogP contribution in [0.1, 0.15) is 5.56 Å². The van der Waals surface area contributed by atoms with E-state index in [0.29, 0.717) is 28.2 Å². The molecule has 96 valence electrons. The smallest absolute Gasteiger partial charge is 0.248 e. The number of H-pyrrole nitrogens is 1. The van der Waals surface area contributed by atoms with E-state index < -0.39 is 0 Å². The Balaban J connectivity index is 2.73. The largest absolute Gasteiger partial charge is 0.497 e. The minimum Gasteiger partial charge on any atom is -0.497 e. The minimum atomic E-state index is -0.262. The number of pyridine rings is 1. The van der Waals surface area contributed by atoms with Crippen LogP contribution in [0.4, 0.5) is 0 Å². The van der Waals surface area contributed by atoms with Gasteiger partial charge in [0.05, 0.1) is 25.9 Å². The lowest BCUT2D eigenvalue weighted by atomic mass is 10.00. The van der Waals surface area contributed by atoms with E-state index in [4.69, 9.17) is 14.7 Å². The molecule has 1 aromatic heterocycles. The Labute approximate surface area is 110 Å². The summed E-state index contributed by atoms with van der Waals surface area (Å²) < 4.78 is 10.4. The summed E-state index contributed by atoms with van der Waals surface area (Å²) in [6.07, 6.45) is 1.47. The second-order valence-electron chi connectivity index (χ2n) is 3.80.